The van der Waals surface area contributed by atoms with Crippen LogP contribution in [0.25, 0.3) is 0 Å². The summed E-state index contributed by atoms with van der Waals surface area (Å²) >= 11 is 0. The van der Waals surface area contributed by atoms with Crippen LogP contribution in [-0.4, -0.2) is 24.4 Å². The molecule has 1 heterocycles. The van der Waals surface area contributed by atoms with Crippen molar-refractivity contribution in [2.24, 2.45) is 11.8 Å². The van der Waals surface area contributed by atoms with Crippen LogP contribution in [0.1, 0.15) is 33.1 Å². The normalized spacial score (nSPS) is 28.8. The predicted octanol–water partition coefficient (Wildman–Crippen LogP) is 1.82. The maximum Gasteiger partial charge on any atom is 0.0569 e. The molecular weight excluding hydrogens is 152 g/mol. The van der Waals surface area contributed by atoms with Crippen molar-refractivity contribution in [1.29, 1.82) is 0 Å². The van der Waals surface area contributed by atoms with Crippen LogP contribution >= 0.6 is 0 Å². The van der Waals surface area contributed by atoms with Crippen molar-refractivity contribution < 1.29 is 9.84 Å². The highest BCUT2D eigenvalue weighted by molar-refractivity contribution is 4.71. The molecule has 0 spiro atoms. The summed E-state index contributed by atoms with van der Waals surface area (Å²) in [4.78, 5) is 0. The highest BCUT2D eigenvalue weighted by Crippen LogP contribution is 2.22. The molecule has 3 unspecified atom stereocenters. The number of hydrogen-bond acceptors (Lipinski definition) is 2. The van der Waals surface area contributed by atoms with Gasteiger partial charge in [0.2, 0.25) is 0 Å². The number of aliphatic hydroxyl groups excluding tert-OH is 1. The van der Waals surface area contributed by atoms with Gasteiger partial charge in [-0.05, 0) is 24.7 Å². The lowest BCUT2D eigenvalue weighted by molar-refractivity contribution is 0.0826. The molecule has 12 heavy (non-hydrogen) atoms. The van der Waals surface area contributed by atoms with E-state index in [0.717, 1.165) is 32.5 Å². The molecule has 0 aliphatic carbocycles. The molecule has 1 rings (SSSR count). The van der Waals surface area contributed by atoms with Crippen LogP contribution in [0.4, 0.5) is 0 Å². The van der Waals surface area contributed by atoms with Gasteiger partial charge in [-0.25, -0.2) is 0 Å². The molecule has 1 aliphatic rings. The molecule has 0 radical (unpaired) electrons. The van der Waals surface area contributed by atoms with Crippen LogP contribution in [-0.2, 0) is 4.74 Å². The van der Waals surface area contributed by atoms with E-state index in [9.17, 15) is 5.11 Å². The summed E-state index contributed by atoms with van der Waals surface area (Å²) in [5.74, 6) is 1.04. The molecule has 1 aliphatic heterocycles. The zero-order chi connectivity index (χ0) is 8.97. The highest BCUT2D eigenvalue weighted by Gasteiger charge is 2.21. The molecular formula is C10H20O2. The Kier molecular flexibility index (Phi) is 4.02. The van der Waals surface area contributed by atoms with Gasteiger partial charge in [-0.3, -0.25) is 0 Å². The van der Waals surface area contributed by atoms with E-state index in [2.05, 4.69) is 13.8 Å². The lowest BCUT2D eigenvalue weighted by Gasteiger charge is -2.19. The van der Waals surface area contributed by atoms with Crippen LogP contribution in [0.3, 0.4) is 0 Å². The van der Waals surface area contributed by atoms with E-state index < -0.39 is 0 Å². The lowest BCUT2D eigenvalue weighted by atomic mass is 9.92. The van der Waals surface area contributed by atoms with Crippen LogP contribution in [0, 0.1) is 11.8 Å². The van der Waals surface area contributed by atoms with Crippen LogP contribution in [0.2, 0.25) is 0 Å². The third kappa shape index (κ3) is 2.76. The topological polar surface area (TPSA) is 29.5 Å². The summed E-state index contributed by atoms with van der Waals surface area (Å²) in [6.07, 6.45) is 3.00. The minimum Gasteiger partial charge on any atom is -0.393 e. The van der Waals surface area contributed by atoms with Crippen molar-refractivity contribution in [3.8, 4) is 0 Å². The Morgan fingerprint density at radius 2 is 2.33 bits per heavy atom. The average Bonchev–Trinajstić information content (AvgIpc) is 2.55. The Labute approximate surface area is 74.9 Å². The van der Waals surface area contributed by atoms with Gasteiger partial charge in [0, 0.05) is 13.2 Å². The first-order chi connectivity index (χ1) is 5.74. The van der Waals surface area contributed by atoms with Crippen molar-refractivity contribution >= 4 is 0 Å². The summed E-state index contributed by atoms with van der Waals surface area (Å²) in [6, 6.07) is 0. The summed E-state index contributed by atoms with van der Waals surface area (Å²) < 4.78 is 5.26. The Morgan fingerprint density at radius 3 is 2.83 bits per heavy atom. The lowest BCUT2D eigenvalue weighted by Crippen LogP contribution is -2.21. The number of ether oxygens (including phenoxy) is 1. The molecule has 0 aromatic rings. The first-order valence-corrected chi connectivity index (χ1v) is 4.99. The molecule has 1 saturated heterocycles. The Hall–Kier alpha value is -0.0800. The molecule has 0 aromatic heterocycles. The Morgan fingerprint density at radius 1 is 1.58 bits per heavy atom. The smallest absolute Gasteiger partial charge is 0.0569 e. The Balaban J connectivity index is 2.19. The third-order valence-electron chi connectivity index (χ3n) is 2.90. The van der Waals surface area contributed by atoms with E-state index in [4.69, 9.17) is 4.74 Å². The maximum atomic E-state index is 9.72. The van der Waals surface area contributed by atoms with E-state index in [1.54, 1.807) is 0 Å². The van der Waals surface area contributed by atoms with Gasteiger partial charge in [0.25, 0.3) is 0 Å². The van der Waals surface area contributed by atoms with Crippen LogP contribution in [0.5, 0.6) is 0 Å². The molecule has 2 heteroatoms. The average molecular weight is 172 g/mol. The van der Waals surface area contributed by atoms with Crippen molar-refractivity contribution in [2.45, 2.75) is 39.2 Å². The van der Waals surface area contributed by atoms with Gasteiger partial charge in [0.15, 0.2) is 0 Å². The van der Waals surface area contributed by atoms with Gasteiger partial charge in [-0.2, -0.15) is 0 Å². The third-order valence-corrected chi connectivity index (χ3v) is 2.90. The summed E-state index contributed by atoms with van der Waals surface area (Å²) in [6.45, 7) is 5.98. The standard InChI is InChI=1S/C10H20O2/c1-3-8(2)10(11)6-9-4-5-12-7-9/h8-11H,3-7H2,1-2H3. The second kappa shape index (κ2) is 4.83. The minimum absolute atomic E-state index is 0.123. The van der Waals surface area contributed by atoms with Gasteiger partial charge >= 0.3 is 0 Å². The second-order valence-electron chi connectivity index (χ2n) is 3.92. The zero-order valence-electron chi connectivity index (χ0n) is 8.12. The van der Waals surface area contributed by atoms with Gasteiger partial charge in [0.05, 0.1) is 6.10 Å². The number of hydrogen-bond donors (Lipinski definition) is 1. The molecule has 0 aromatic carbocycles. The molecule has 1 fully saturated rings. The van der Waals surface area contributed by atoms with Gasteiger partial charge in [0.1, 0.15) is 0 Å². The van der Waals surface area contributed by atoms with Crippen molar-refractivity contribution in [2.75, 3.05) is 13.2 Å². The molecule has 0 bridgehead atoms. The number of rotatable bonds is 4. The van der Waals surface area contributed by atoms with E-state index in [1.165, 1.54) is 0 Å². The van der Waals surface area contributed by atoms with E-state index in [-0.39, 0.29) is 6.10 Å². The fraction of sp³-hybridized carbons (Fsp3) is 1.00. The van der Waals surface area contributed by atoms with E-state index in [1.807, 2.05) is 0 Å². The number of aliphatic hydroxyl groups is 1. The van der Waals surface area contributed by atoms with Gasteiger partial charge < -0.3 is 9.84 Å². The monoisotopic (exact) mass is 172 g/mol. The van der Waals surface area contributed by atoms with Crippen molar-refractivity contribution in [1.82, 2.24) is 0 Å². The summed E-state index contributed by atoms with van der Waals surface area (Å²) in [7, 11) is 0. The highest BCUT2D eigenvalue weighted by atomic mass is 16.5. The van der Waals surface area contributed by atoms with Crippen LogP contribution < -0.4 is 0 Å². The minimum atomic E-state index is -0.123. The van der Waals surface area contributed by atoms with Crippen molar-refractivity contribution in [3.05, 3.63) is 0 Å². The second-order valence-corrected chi connectivity index (χ2v) is 3.92. The molecule has 2 nitrogen and oxygen atoms in total. The SMILES string of the molecule is CCC(C)C(O)CC1CCOC1. The predicted molar refractivity (Wildman–Crippen MR) is 49.0 cm³/mol. The molecule has 0 amide bonds. The summed E-state index contributed by atoms with van der Waals surface area (Å²) in [5.41, 5.74) is 0. The van der Waals surface area contributed by atoms with Gasteiger partial charge in [-0.1, -0.05) is 20.3 Å². The summed E-state index contributed by atoms with van der Waals surface area (Å²) in [5, 5.41) is 9.72. The largest absolute Gasteiger partial charge is 0.393 e. The van der Waals surface area contributed by atoms with Gasteiger partial charge in [-0.15, -0.1) is 0 Å². The van der Waals surface area contributed by atoms with E-state index >= 15 is 0 Å². The fourth-order valence-corrected chi connectivity index (χ4v) is 1.62. The maximum absolute atomic E-state index is 9.72. The van der Waals surface area contributed by atoms with E-state index in [0.29, 0.717) is 11.8 Å². The molecule has 72 valence electrons. The zero-order valence-corrected chi connectivity index (χ0v) is 8.12. The molecule has 3 atom stereocenters. The molecule has 0 saturated carbocycles. The quantitative estimate of drug-likeness (QED) is 0.701. The fourth-order valence-electron chi connectivity index (χ4n) is 1.62. The Bertz CT molecular complexity index is 119. The van der Waals surface area contributed by atoms with Crippen LogP contribution in [0.15, 0.2) is 0 Å². The molecule has 1 N–H and O–H groups in total. The first kappa shape index (κ1) is 10.0. The van der Waals surface area contributed by atoms with Crippen molar-refractivity contribution in [3.63, 3.8) is 0 Å². The first-order valence-electron chi connectivity index (χ1n) is 4.99.